The maximum absolute atomic E-state index is 13.3. The highest BCUT2D eigenvalue weighted by Gasteiger charge is 2.30. The molecule has 0 radical (unpaired) electrons. The van der Waals surface area contributed by atoms with Crippen LogP contribution in [0.2, 0.25) is 0 Å². The normalized spacial score (nSPS) is 12.8. The van der Waals surface area contributed by atoms with E-state index in [2.05, 4.69) is 0 Å². The van der Waals surface area contributed by atoms with Gasteiger partial charge in [0.2, 0.25) is 5.91 Å². The Morgan fingerprint density at radius 1 is 0.775 bits per heavy atom. The molecule has 0 spiro atoms. The molecule has 0 saturated carbocycles. The van der Waals surface area contributed by atoms with Gasteiger partial charge in [-0.2, -0.15) is 13.2 Å². The lowest BCUT2D eigenvalue weighted by atomic mass is 9.94. The van der Waals surface area contributed by atoms with Gasteiger partial charge in [0.05, 0.1) is 11.5 Å². The number of carbonyl (C=O) groups is 2. The number of ether oxygens (including phenoxy) is 1. The highest BCUT2D eigenvalue weighted by molar-refractivity contribution is 6.09. The van der Waals surface area contributed by atoms with E-state index in [0.717, 1.165) is 23.3 Å². The maximum atomic E-state index is 13.3. The van der Waals surface area contributed by atoms with Crippen LogP contribution in [0.15, 0.2) is 109 Å². The van der Waals surface area contributed by atoms with E-state index in [1.807, 2.05) is 54.6 Å². The molecule has 2 atom stereocenters. The van der Waals surface area contributed by atoms with E-state index in [1.54, 1.807) is 49.2 Å². The van der Waals surface area contributed by atoms with Crippen LogP contribution in [0.4, 0.5) is 13.2 Å². The van der Waals surface area contributed by atoms with Gasteiger partial charge >= 0.3 is 6.18 Å². The third-order valence-corrected chi connectivity index (χ3v) is 6.79. The molecule has 206 valence electrons. The summed E-state index contributed by atoms with van der Waals surface area (Å²) < 4.78 is 45.0. The van der Waals surface area contributed by atoms with Gasteiger partial charge in [-0.1, -0.05) is 78.9 Å². The van der Waals surface area contributed by atoms with Crippen molar-refractivity contribution in [2.75, 3.05) is 13.6 Å². The van der Waals surface area contributed by atoms with E-state index in [4.69, 9.17) is 4.74 Å². The number of alkyl halides is 3. The average molecular weight is 546 g/mol. The first-order chi connectivity index (χ1) is 19.1. The third kappa shape index (κ3) is 7.17. The van der Waals surface area contributed by atoms with Crippen molar-refractivity contribution in [2.24, 2.45) is 0 Å². The average Bonchev–Trinajstić information content (AvgIpc) is 2.98. The minimum absolute atomic E-state index is 0.110. The van der Waals surface area contributed by atoms with Crippen LogP contribution in [0.5, 0.6) is 5.75 Å². The van der Waals surface area contributed by atoms with E-state index in [0.29, 0.717) is 29.8 Å². The van der Waals surface area contributed by atoms with E-state index < -0.39 is 23.8 Å². The number of halogens is 3. The highest BCUT2D eigenvalue weighted by atomic mass is 19.4. The minimum atomic E-state index is -4.43. The van der Waals surface area contributed by atoms with Crippen LogP contribution in [-0.4, -0.2) is 30.2 Å². The Morgan fingerprint density at radius 2 is 1.35 bits per heavy atom. The van der Waals surface area contributed by atoms with Gasteiger partial charge in [-0.25, -0.2) is 0 Å². The number of likely N-dealkylation sites (N-methyl/N-ethyl adjacent to an activating group) is 1. The first-order valence-corrected chi connectivity index (χ1v) is 13.0. The molecule has 4 aromatic carbocycles. The standard InChI is InChI=1S/C33H30F3NO3/c1-23(26-14-9-15-27(22-26)31(38)25-12-7-4-8-13-25)32(39)37(2)21-20-30(24-10-5-3-6-11-24)40-29-18-16-28(17-19-29)33(34,35)36/h3-19,22-23,30H,20-21H2,1-2H3/t23-,30?/m0/s1. The summed E-state index contributed by atoms with van der Waals surface area (Å²) in [5, 5.41) is 0. The Bertz CT molecular complexity index is 1420. The maximum Gasteiger partial charge on any atom is 0.416 e. The molecule has 0 heterocycles. The number of hydrogen-bond donors (Lipinski definition) is 0. The predicted molar refractivity (Wildman–Crippen MR) is 148 cm³/mol. The molecule has 4 rings (SSSR count). The number of hydrogen-bond acceptors (Lipinski definition) is 3. The zero-order valence-electron chi connectivity index (χ0n) is 22.3. The molecule has 0 aromatic heterocycles. The zero-order valence-corrected chi connectivity index (χ0v) is 22.3. The van der Waals surface area contributed by atoms with Gasteiger partial charge in [0.25, 0.3) is 0 Å². The van der Waals surface area contributed by atoms with Gasteiger partial charge in [-0.3, -0.25) is 9.59 Å². The zero-order chi connectivity index (χ0) is 28.7. The molecule has 0 aliphatic carbocycles. The van der Waals surface area contributed by atoms with Crippen LogP contribution in [0, 0.1) is 0 Å². The fourth-order valence-electron chi connectivity index (χ4n) is 4.45. The summed E-state index contributed by atoms with van der Waals surface area (Å²) >= 11 is 0. The number of nitrogens with zero attached hydrogens (tertiary/aromatic N) is 1. The molecule has 0 saturated heterocycles. The van der Waals surface area contributed by atoms with E-state index in [-0.39, 0.29) is 11.7 Å². The summed E-state index contributed by atoms with van der Waals surface area (Å²) in [6.07, 6.45) is -4.48. The first-order valence-electron chi connectivity index (χ1n) is 13.0. The lowest BCUT2D eigenvalue weighted by molar-refractivity contribution is -0.137. The number of benzene rings is 4. The minimum Gasteiger partial charge on any atom is -0.486 e. The van der Waals surface area contributed by atoms with Crippen LogP contribution in [0.25, 0.3) is 0 Å². The number of ketones is 1. The van der Waals surface area contributed by atoms with Crippen molar-refractivity contribution in [1.29, 1.82) is 0 Å². The molecule has 1 unspecified atom stereocenters. The molecule has 4 nitrogen and oxygen atoms in total. The molecule has 0 N–H and O–H groups in total. The van der Waals surface area contributed by atoms with E-state index in [1.165, 1.54) is 12.1 Å². The van der Waals surface area contributed by atoms with Gasteiger partial charge < -0.3 is 9.64 Å². The summed E-state index contributed by atoms with van der Waals surface area (Å²) in [7, 11) is 1.71. The fourth-order valence-corrected chi connectivity index (χ4v) is 4.45. The summed E-state index contributed by atoms with van der Waals surface area (Å²) in [6.45, 7) is 2.16. The molecule has 0 fully saturated rings. The van der Waals surface area contributed by atoms with Gasteiger partial charge in [0.15, 0.2) is 5.78 Å². The molecular formula is C33H30F3NO3. The molecule has 0 bridgehead atoms. The van der Waals surface area contributed by atoms with Gasteiger partial charge in [-0.15, -0.1) is 0 Å². The second kappa shape index (κ2) is 12.6. The Hall–Kier alpha value is -4.39. The Kier molecular flexibility index (Phi) is 9.04. The van der Waals surface area contributed by atoms with Crippen molar-refractivity contribution in [3.8, 4) is 5.75 Å². The number of amides is 1. The first kappa shape index (κ1) is 28.6. The summed E-state index contributed by atoms with van der Waals surface area (Å²) in [5.74, 6) is -0.407. The van der Waals surface area contributed by atoms with Crippen molar-refractivity contribution in [3.63, 3.8) is 0 Å². The topological polar surface area (TPSA) is 46.6 Å². The molecule has 1 amide bonds. The lowest BCUT2D eigenvalue weighted by Gasteiger charge is -2.25. The van der Waals surface area contributed by atoms with Crippen molar-refractivity contribution in [3.05, 3.63) is 137 Å². The second-order valence-electron chi connectivity index (χ2n) is 9.63. The molecule has 0 aliphatic rings. The predicted octanol–water partition coefficient (Wildman–Crippen LogP) is 7.71. The number of rotatable bonds is 10. The van der Waals surface area contributed by atoms with Crippen molar-refractivity contribution in [2.45, 2.75) is 31.5 Å². The lowest BCUT2D eigenvalue weighted by Crippen LogP contribution is -2.32. The Balaban J connectivity index is 1.44. The van der Waals surface area contributed by atoms with E-state index >= 15 is 0 Å². The SMILES string of the molecule is C[C@H](C(=O)N(C)CCC(Oc1ccc(C(F)(F)F)cc1)c1ccccc1)c1cccc(C(=O)c2ccccc2)c1. The summed E-state index contributed by atoms with van der Waals surface area (Å²) in [4.78, 5) is 27.8. The highest BCUT2D eigenvalue weighted by Crippen LogP contribution is 2.32. The van der Waals surface area contributed by atoms with Crippen LogP contribution in [0.1, 0.15) is 58.0 Å². The van der Waals surface area contributed by atoms with Crippen LogP contribution < -0.4 is 4.74 Å². The Labute approximate surface area is 232 Å². The molecule has 40 heavy (non-hydrogen) atoms. The summed E-state index contributed by atoms with van der Waals surface area (Å²) in [6, 6.07) is 30.0. The Morgan fingerprint density at radius 3 is 1.98 bits per heavy atom. The molecular weight excluding hydrogens is 515 g/mol. The third-order valence-electron chi connectivity index (χ3n) is 6.79. The fraction of sp³-hybridized carbons (Fsp3) is 0.212. The van der Waals surface area contributed by atoms with Crippen molar-refractivity contribution in [1.82, 2.24) is 4.90 Å². The second-order valence-corrected chi connectivity index (χ2v) is 9.63. The summed E-state index contributed by atoms with van der Waals surface area (Å²) in [5.41, 5.74) is 1.93. The van der Waals surface area contributed by atoms with Crippen LogP contribution in [0.3, 0.4) is 0 Å². The van der Waals surface area contributed by atoms with Crippen LogP contribution in [-0.2, 0) is 11.0 Å². The van der Waals surface area contributed by atoms with Crippen molar-refractivity contribution >= 4 is 11.7 Å². The van der Waals surface area contributed by atoms with Gasteiger partial charge in [-0.05, 0) is 48.4 Å². The monoisotopic (exact) mass is 545 g/mol. The molecule has 0 aliphatic heterocycles. The molecule has 7 heteroatoms. The quantitative estimate of drug-likeness (QED) is 0.192. The van der Waals surface area contributed by atoms with Gasteiger partial charge in [0.1, 0.15) is 11.9 Å². The smallest absolute Gasteiger partial charge is 0.416 e. The van der Waals surface area contributed by atoms with E-state index in [9.17, 15) is 22.8 Å². The van der Waals surface area contributed by atoms with Crippen LogP contribution >= 0.6 is 0 Å². The number of carbonyl (C=O) groups excluding carboxylic acids is 2. The van der Waals surface area contributed by atoms with Gasteiger partial charge in [0, 0.05) is 31.1 Å². The largest absolute Gasteiger partial charge is 0.486 e. The molecule has 4 aromatic rings. The van der Waals surface area contributed by atoms with Crippen molar-refractivity contribution < 1.29 is 27.5 Å².